The van der Waals surface area contributed by atoms with E-state index in [2.05, 4.69) is 11.9 Å². The van der Waals surface area contributed by atoms with Crippen LogP contribution in [0.3, 0.4) is 0 Å². The number of anilines is 1. The van der Waals surface area contributed by atoms with E-state index in [4.69, 9.17) is 14.5 Å². The molecule has 6 heteroatoms. The molecule has 0 bridgehead atoms. The number of nitrogens with zero attached hydrogens (tertiary/aromatic N) is 2. The molecule has 0 saturated heterocycles. The minimum atomic E-state index is -0.393. The summed E-state index contributed by atoms with van der Waals surface area (Å²) in [5.74, 6) is 1.02. The molecule has 1 atom stereocenters. The lowest BCUT2D eigenvalue weighted by molar-refractivity contribution is -0.138. The molecule has 2 heterocycles. The molecule has 2 aromatic carbocycles. The Morgan fingerprint density at radius 1 is 1.29 bits per heavy atom. The Labute approximate surface area is 163 Å². The summed E-state index contributed by atoms with van der Waals surface area (Å²) in [5.41, 5.74) is 3.94. The Kier molecular flexibility index (Phi) is 4.61. The van der Waals surface area contributed by atoms with Crippen LogP contribution in [0.15, 0.2) is 72.5 Å². The highest BCUT2D eigenvalue weighted by molar-refractivity contribution is 5.94. The monoisotopic (exact) mass is 375 g/mol. The molecule has 1 aromatic heterocycles. The Morgan fingerprint density at radius 2 is 2.11 bits per heavy atom. The minimum absolute atomic E-state index is 0.151. The van der Waals surface area contributed by atoms with E-state index >= 15 is 0 Å². The SMILES string of the molecule is C=CCOC(=O)C1=C(C)Nc2nc3ccccc3n2[C@H]1c1cccc(OC)c1. The van der Waals surface area contributed by atoms with Crippen LogP contribution in [-0.4, -0.2) is 29.2 Å². The lowest BCUT2D eigenvalue weighted by Crippen LogP contribution is -2.29. The van der Waals surface area contributed by atoms with Crippen molar-refractivity contribution in [2.75, 3.05) is 19.0 Å². The first-order valence-electron chi connectivity index (χ1n) is 9.00. The van der Waals surface area contributed by atoms with Gasteiger partial charge in [-0.05, 0) is 36.8 Å². The van der Waals surface area contributed by atoms with Gasteiger partial charge in [0.15, 0.2) is 0 Å². The molecule has 0 unspecified atom stereocenters. The molecule has 28 heavy (non-hydrogen) atoms. The van der Waals surface area contributed by atoms with Gasteiger partial charge in [0.1, 0.15) is 12.4 Å². The fourth-order valence-corrected chi connectivity index (χ4v) is 3.57. The molecule has 1 aliphatic heterocycles. The quantitative estimate of drug-likeness (QED) is 0.538. The fraction of sp³-hybridized carbons (Fsp3) is 0.182. The molecule has 0 fully saturated rings. The smallest absolute Gasteiger partial charge is 0.338 e. The van der Waals surface area contributed by atoms with E-state index in [9.17, 15) is 4.79 Å². The van der Waals surface area contributed by atoms with Gasteiger partial charge < -0.3 is 14.8 Å². The normalized spacial score (nSPS) is 15.7. The molecular weight excluding hydrogens is 354 g/mol. The highest BCUT2D eigenvalue weighted by Gasteiger charge is 2.35. The van der Waals surface area contributed by atoms with Gasteiger partial charge in [0.05, 0.1) is 29.8 Å². The van der Waals surface area contributed by atoms with Gasteiger partial charge in [0, 0.05) is 5.70 Å². The lowest BCUT2D eigenvalue weighted by atomic mass is 9.95. The Morgan fingerprint density at radius 3 is 2.89 bits per heavy atom. The summed E-state index contributed by atoms with van der Waals surface area (Å²) in [7, 11) is 1.62. The number of carbonyl (C=O) groups excluding carboxylic acids is 1. The first-order chi connectivity index (χ1) is 13.6. The molecule has 142 valence electrons. The van der Waals surface area contributed by atoms with Crippen molar-refractivity contribution < 1.29 is 14.3 Å². The molecule has 0 radical (unpaired) electrons. The van der Waals surface area contributed by atoms with Crippen LogP contribution in [0.4, 0.5) is 5.95 Å². The van der Waals surface area contributed by atoms with E-state index in [-0.39, 0.29) is 12.6 Å². The second-order valence-electron chi connectivity index (χ2n) is 6.52. The summed E-state index contributed by atoms with van der Waals surface area (Å²) >= 11 is 0. The summed E-state index contributed by atoms with van der Waals surface area (Å²) < 4.78 is 12.8. The molecular formula is C22H21N3O3. The largest absolute Gasteiger partial charge is 0.497 e. The van der Waals surface area contributed by atoms with E-state index in [0.717, 1.165) is 22.3 Å². The first kappa shape index (κ1) is 17.9. The number of allylic oxidation sites excluding steroid dienone is 1. The lowest BCUT2D eigenvalue weighted by Gasteiger charge is -2.30. The van der Waals surface area contributed by atoms with Crippen molar-refractivity contribution in [1.82, 2.24) is 9.55 Å². The van der Waals surface area contributed by atoms with Crippen LogP contribution >= 0.6 is 0 Å². The maximum atomic E-state index is 12.9. The zero-order chi connectivity index (χ0) is 19.7. The summed E-state index contributed by atoms with van der Waals surface area (Å²) in [5, 5.41) is 3.26. The average molecular weight is 375 g/mol. The maximum Gasteiger partial charge on any atom is 0.338 e. The standard InChI is InChI=1S/C22H21N3O3/c1-4-12-28-21(26)19-14(2)23-22-24-17-10-5-6-11-18(17)25(22)20(19)15-8-7-9-16(13-15)27-3/h4-11,13,20H,1,12H2,2-3H3,(H,23,24)/t20-/m0/s1. The molecule has 1 N–H and O–H groups in total. The highest BCUT2D eigenvalue weighted by Crippen LogP contribution is 2.40. The molecule has 1 aliphatic rings. The van der Waals surface area contributed by atoms with Crippen LogP contribution in [0, 0.1) is 0 Å². The Hall–Kier alpha value is -3.54. The van der Waals surface area contributed by atoms with E-state index < -0.39 is 6.04 Å². The number of hydrogen-bond acceptors (Lipinski definition) is 5. The molecule has 0 aliphatic carbocycles. The van der Waals surface area contributed by atoms with Gasteiger partial charge in [-0.15, -0.1) is 0 Å². The number of aromatic nitrogens is 2. The first-order valence-corrected chi connectivity index (χ1v) is 9.00. The molecule has 4 rings (SSSR count). The van der Waals surface area contributed by atoms with Gasteiger partial charge in [0.2, 0.25) is 5.95 Å². The number of para-hydroxylation sites is 2. The zero-order valence-electron chi connectivity index (χ0n) is 15.8. The third-order valence-electron chi connectivity index (χ3n) is 4.79. The molecule has 6 nitrogen and oxygen atoms in total. The van der Waals surface area contributed by atoms with Crippen molar-refractivity contribution in [2.45, 2.75) is 13.0 Å². The van der Waals surface area contributed by atoms with Crippen molar-refractivity contribution >= 4 is 23.0 Å². The maximum absolute atomic E-state index is 12.9. The molecule has 0 amide bonds. The summed E-state index contributed by atoms with van der Waals surface area (Å²) in [6, 6.07) is 15.2. The number of esters is 1. The van der Waals surface area contributed by atoms with Crippen molar-refractivity contribution in [3.8, 4) is 5.75 Å². The highest BCUT2D eigenvalue weighted by atomic mass is 16.5. The number of imidazole rings is 1. The van der Waals surface area contributed by atoms with Gasteiger partial charge in [-0.25, -0.2) is 9.78 Å². The number of fused-ring (bicyclic) bond motifs is 3. The number of ether oxygens (including phenoxy) is 2. The Balaban J connectivity index is 1.94. The van der Waals surface area contributed by atoms with Gasteiger partial charge in [0.25, 0.3) is 0 Å². The summed E-state index contributed by atoms with van der Waals surface area (Å²) in [4.78, 5) is 17.6. The predicted octanol–water partition coefficient (Wildman–Crippen LogP) is 4.06. The van der Waals surface area contributed by atoms with Crippen LogP contribution in [0.5, 0.6) is 5.75 Å². The second-order valence-corrected chi connectivity index (χ2v) is 6.52. The number of hydrogen-bond donors (Lipinski definition) is 1. The van der Waals surface area contributed by atoms with E-state index in [1.807, 2.05) is 60.0 Å². The predicted molar refractivity (Wildman–Crippen MR) is 108 cm³/mol. The number of rotatable bonds is 5. The van der Waals surface area contributed by atoms with Crippen molar-refractivity contribution in [3.63, 3.8) is 0 Å². The average Bonchev–Trinajstić information content (AvgIpc) is 3.08. The van der Waals surface area contributed by atoms with Crippen molar-refractivity contribution in [3.05, 3.63) is 78.0 Å². The van der Waals surface area contributed by atoms with Crippen LogP contribution in [0.1, 0.15) is 18.5 Å². The van der Waals surface area contributed by atoms with Gasteiger partial charge >= 0.3 is 5.97 Å². The second kappa shape index (κ2) is 7.23. The van der Waals surface area contributed by atoms with Gasteiger partial charge in [-0.2, -0.15) is 0 Å². The Bertz CT molecular complexity index is 1100. The molecule has 0 saturated carbocycles. The summed E-state index contributed by atoms with van der Waals surface area (Å²) in [6.07, 6.45) is 1.56. The van der Waals surface area contributed by atoms with E-state index in [0.29, 0.717) is 17.2 Å². The summed E-state index contributed by atoms with van der Waals surface area (Å²) in [6.45, 7) is 5.64. The van der Waals surface area contributed by atoms with Crippen LogP contribution < -0.4 is 10.1 Å². The zero-order valence-corrected chi connectivity index (χ0v) is 15.8. The van der Waals surface area contributed by atoms with Gasteiger partial charge in [-0.1, -0.05) is 36.9 Å². The fourth-order valence-electron chi connectivity index (χ4n) is 3.57. The molecule has 0 spiro atoms. The minimum Gasteiger partial charge on any atom is -0.497 e. The van der Waals surface area contributed by atoms with Crippen molar-refractivity contribution in [1.29, 1.82) is 0 Å². The van der Waals surface area contributed by atoms with Crippen LogP contribution in [0.25, 0.3) is 11.0 Å². The van der Waals surface area contributed by atoms with Crippen LogP contribution in [-0.2, 0) is 9.53 Å². The third kappa shape index (κ3) is 2.93. The van der Waals surface area contributed by atoms with Gasteiger partial charge in [-0.3, -0.25) is 4.57 Å². The number of nitrogens with one attached hydrogen (secondary N) is 1. The van der Waals surface area contributed by atoms with Crippen molar-refractivity contribution in [2.24, 2.45) is 0 Å². The van der Waals surface area contributed by atoms with E-state index in [1.165, 1.54) is 0 Å². The number of benzene rings is 2. The van der Waals surface area contributed by atoms with E-state index in [1.54, 1.807) is 13.2 Å². The van der Waals surface area contributed by atoms with Crippen LogP contribution in [0.2, 0.25) is 0 Å². The number of methoxy groups -OCH3 is 1. The topological polar surface area (TPSA) is 65.4 Å². The third-order valence-corrected chi connectivity index (χ3v) is 4.79. The number of carbonyl (C=O) groups is 1. The molecule has 3 aromatic rings.